The monoisotopic (exact) mass is 371 g/mol. The molecular weight excluding hydrogens is 346 g/mol. The predicted octanol–water partition coefficient (Wildman–Crippen LogP) is 3.81. The van der Waals surface area contributed by atoms with Gasteiger partial charge in [-0.05, 0) is 56.7 Å². The van der Waals surface area contributed by atoms with Crippen molar-refractivity contribution in [3.63, 3.8) is 0 Å². The van der Waals surface area contributed by atoms with Crippen molar-refractivity contribution in [1.82, 2.24) is 0 Å². The lowest BCUT2D eigenvalue weighted by Crippen LogP contribution is -2.36. The van der Waals surface area contributed by atoms with Crippen LogP contribution in [0, 0.1) is 0 Å². The Morgan fingerprint density at radius 3 is 2.22 bits per heavy atom. The van der Waals surface area contributed by atoms with Crippen LogP contribution < -0.4 is 14.8 Å². The molecule has 2 rings (SSSR count). The number of benzene rings is 2. The second-order valence-corrected chi connectivity index (χ2v) is 5.85. The number of esters is 1. The maximum atomic E-state index is 12.3. The number of anilines is 1. The fourth-order valence-corrected chi connectivity index (χ4v) is 2.31. The van der Waals surface area contributed by atoms with Crippen molar-refractivity contribution >= 4 is 17.6 Å². The highest BCUT2D eigenvalue weighted by Gasteiger charge is 2.25. The van der Waals surface area contributed by atoms with E-state index in [9.17, 15) is 9.59 Å². The first kappa shape index (κ1) is 20.3. The number of carbonyl (C=O) groups excluding carboxylic acids is 2. The van der Waals surface area contributed by atoms with Crippen molar-refractivity contribution in [3.05, 3.63) is 54.6 Å². The number of nitrogens with one attached hydrogen (secondary N) is 1. The third kappa shape index (κ3) is 6.33. The molecule has 1 N–H and O–H groups in total. The van der Waals surface area contributed by atoms with Crippen LogP contribution >= 0.6 is 0 Å². The van der Waals surface area contributed by atoms with Gasteiger partial charge in [0.05, 0.1) is 6.61 Å². The average Bonchev–Trinajstić information content (AvgIpc) is 2.68. The lowest BCUT2D eigenvalue weighted by Gasteiger charge is -2.19. The maximum absolute atomic E-state index is 12.3. The molecular formula is C21H25NO5. The Morgan fingerprint density at radius 1 is 0.963 bits per heavy atom. The van der Waals surface area contributed by atoms with Gasteiger partial charge < -0.3 is 19.5 Å². The van der Waals surface area contributed by atoms with Gasteiger partial charge in [-0.1, -0.05) is 25.1 Å². The summed E-state index contributed by atoms with van der Waals surface area (Å²) in [6.45, 7) is 5.82. The van der Waals surface area contributed by atoms with E-state index in [-0.39, 0.29) is 0 Å². The Kier molecular flexibility index (Phi) is 7.67. The van der Waals surface area contributed by atoms with E-state index in [4.69, 9.17) is 14.2 Å². The van der Waals surface area contributed by atoms with Gasteiger partial charge in [0.2, 0.25) is 0 Å². The summed E-state index contributed by atoms with van der Waals surface area (Å²) in [6.07, 6.45) is -1.29. The molecule has 1 amide bonds. The lowest BCUT2D eigenvalue weighted by atomic mass is 10.2. The number of ether oxygens (including phenoxy) is 3. The number of para-hydroxylation sites is 1. The van der Waals surface area contributed by atoms with Crippen LogP contribution in [0.2, 0.25) is 0 Å². The first-order valence-electron chi connectivity index (χ1n) is 8.99. The normalized spacial score (nSPS) is 12.6. The summed E-state index contributed by atoms with van der Waals surface area (Å²) < 4.78 is 16.3. The third-order valence-corrected chi connectivity index (χ3v) is 3.75. The zero-order valence-electron chi connectivity index (χ0n) is 15.8. The van der Waals surface area contributed by atoms with E-state index in [1.165, 1.54) is 6.92 Å². The Bertz CT molecular complexity index is 730. The fourth-order valence-electron chi connectivity index (χ4n) is 2.31. The van der Waals surface area contributed by atoms with Crippen molar-refractivity contribution in [2.45, 2.75) is 39.4 Å². The van der Waals surface area contributed by atoms with Crippen molar-refractivity contribution in [2.24, 2.45) is 0 Å². The van der Waals surface area contributed by atoms with Crippen LogP contribution in [0.25, 0.3) is 0 Å². The standard InChI is InChI=1S/C21H25NO5/c1-4-19(27-18-9-7-6-8-10-18)21(24)26-15(3)20(23)22-16-11-13-17(14-12-16)25-5-2/h6-15,19H,4-5H2,1-3H3,(H,22,23)/t15-,19-/m0/s1. The molecule has 6 nitrogen and oxygen atoms in total. The number of hydrogen-bond acceptors (Lipinski definition) is 5. The zero-order chi connectivity index (χ0) is 19.6. The molecule has 0 bridgehead atoms. The first-order chi connectivity index (χ1) is 13.0. The summed E-state index contributed by atoms with van der Waals surface area (Å²) in [6, 6.07) is 16.0. The molecule has 0 heterocycles. The van der Waals surface area contributed by atoms with Gasteiger partial charge in [-0.25, -0.2) is 4.79 Å². The minimum Gasteiger partial charge on any atom is -0.494 e. The van der Waals surface area contributed by atoms with Gasteiger partial charge in [-0.15, -0.1) is 0 Å². The highest BCUT2D eigenvalue weighted by Crippen LogP contribution is 2.17. The molecule has 0 saturated carbocycles. The number of hydrogen-bond donors (Lipinski definition) is 1. The van der Waals surface area contributed by atoms with Gasteiger partial charge in [0, 0.05) is 5.69 Å². The van der Waals surface area contributed by atoms with Gasteiger partial charge in [-0.3, -0.25) is 4.79 Å². The Balaban J connectivity index is 1.88. The summed E-state index contributed by atoms with van der Waals surface area (Å²) >= 11 is 0. The highest BCUT2D eigenvalue weighted by molar-refractivity contribution is 5.95. The topological polar surface area (TPSA) is 73.9 Å². The van der Waals surface area contributed by atoms with Crippen LogP contribution in [0.15, 0.2) is 54.6 Å². The maximum Gasteiger partial charge on any atom is 0.348 e. The van der Waals surface area contributed by atoms with Crippen molar-refractivity contribution in [2.75, 3.05) is 11.9 Å². The predicted molar refractivity (Wildman–Crippen MR) is 103 cm³/mol. The quantitative estimate of drug-likeness (QED) is 0.679. The van der Waals surface area contributed by atoms with E-state index < -0.39 is 24.1 Å². The number of rotatable bonds is 9. The minimum atomic E-state index is -0.947. The van der Waals surface area contributed by atoms with Crippen molar-refractivity contribution in [3.8, 4) is 11.5 Å². The molecule has 0 aliphatic heterocycles. The lowest BCUT2D eigenvalue weighted by molar-refractivity contribution is -0.160. The van der Waals surface area contributed by atoms with Crippen molar-refractivity contribution < 1.29 is 23.8 Å². The summed E-state index contributed by atoms with van der Waals surface area (Å²) in [5.41, 5.74) is 0.596. The Labute approximate surface area is 159 Å². The highest BCUT2D eigenvalue weighted by atomic mass is 16.6. The SMILES string of the molecule is CCOc1ccc(NC(=O)[C@H](C)OC(=O)[C@H](CC)Oc2ccccc2)cc1. The van der Waals surface area contributed by atoms with Crippen LogP contribution in [-0.2, 0) is 14.3 Å². The molecule has 0 radical (unpaired) electrons. The van der Waals surface area contributed by atoms with Crippen LogP contribution in [0.1, 0.15) is 27.2 Å². The molecule has 0 saturated heterocycles. The van der Waals surface area contributed by atoms with Gasteiger partial charge in [-0.2, -0.15) is 0 Å². The number of amides is 1. The molecule has 0 spiro atoms. The molecule has 2 aromatic rings. The van der Waals surface area contributed by atoms with Gasteiger partial charge in [0.15, 0.2) is 12.2 Å². The van der Waals surface area contributed by atoms with Crippen LogP contribution in [0.3, 0.4) is 0 Å². The molecule has 2 atom stereocenters. The molecule has 144 valence electrons. The second kappa shape index (κ2) is 10.2. The Hall–Kier alpha value is -3.02. The molecule has 0 aliphatic carbocycles. The van der Waals surface area contributed by atoms with E-state index in [0.29, 0.717) is 24.5 Å². The molecule has 6 heteroatoms. The van der Waals surface area contributed by atoms with Crippen LogP contribution in [0.4, 0.5) is 5.69 Å². The summed E-state index contributed by atoms with van der Waals surface area (Å²) in [5, 5.41) is 2.71. The van der Waals surface area contributed by atoms with E-state index in [0.717, 1.165) is 5.75 Å². The smallest absolute Gasteiger partial charge is 0.348 e. The summed E-state index contributed by atoms with van der Waals surface area (Å²) in [4.78, 5) is 24.6. The average molecular weight is 371 g/mol. The van der Waals surface area contributed by atoms with E-state index in [1.807, 2.05) is 32.0 Å². The number of carbonyl (C=O) groups is 2. The zero-order valence-corrected chi connectivity index (χ0v) is 15.8. The van der Waals surface area contributed by atoms with Gasteiger partial charge in [0.1, 0.15) is 11.5 Å². The third-order valence-electron chi connectivity index (χ3n) is 3.75. The van der Waals surface area contributed by atoms with Crippen LogP contribution in [-0.4, -0.2) is 30.7 Å². The molecule has 0 fully saturated rings. The van der Waals surface area contributed by atoms with E-state index in [2.05, 4.69) is 5.32 Å². The first-order valence-corrected chi connectivity index (χ1v) is 8.99. The van der Waals surface area contributed by atoms with Crippen LogP contribution in [0.5, 0.6) is 11.5 Å². The van der Waals surface area contributed by atoms with Crippen molar-refractivity contribution in [1.29, 1.82) is 0 Å². The van der Waals surface area contributed by atoms with Gasteiger partial charge in [0.25, 0.3) is 5.91 Å². The largest absolute Gasteiger partial charge is 0.494 e. The second-order valence-electron chi connectivity index (χ2n) is 5.85. The van der Waals surface area contributed by atoms with E-state index in [1.54, 1.807) is 36.4 Å². The minimum absolute atomic E-state index is 0.415. The fraction of sp³-hybridized carbons (Fsp3) is 0.333. The Morgan fingerprint density at radius 2 is 1.63 bits per heavy atom. The summed E-state index contributed by atoms with van der Waals surface area (Å²) in [7, 11) is 0. The summed E-state index contributed by atoms with van der Waals surface area (Å²) in [5.74, 6) is 0.310. The van der Waals surface area contributed by atoms with Gasteiger partial charge >= 0.3 is 5.97 Å². The van der Waals surface area contributed by atoms with E-state index >= 15 is 0 Å². The molecule has 2 aromatic carbocycles. The molecule has 27 heavy (non-hydrogen) atoms. The molecule has 0 aliphatic rings. The molecule has 0 unspecified atom stereocenters. The molecule has 0 aromatic heterocycles.